The third-order valence-corrected chi connectivity index (χ3v) is 3.62. The molecule has 0 unspecified atom stereocenters. The van der Waals surface area contributed by atoms with E-state index in [0.29, 0.717) is 13.0 Å². The molecule has 0 radical (unpaired) electrons. The lowest BCUT2D eigenvalue weighted by molar-refractivity contribution is -0.116. The molecule has 1 fully saturated rings. The average molecular weight is 318 g/mol. The molecule has 1 aromatic carbocycles. The fourth-order valence-electron chi connectivity index (χ4n) is 2.12. The summed E-state index contributed by atoms with van der Waals surface area (Å²) in [6.07, 6.45) is 0.606. The van der Waals surface area contributed by atoms with Crippen molar-refractivity contribution in [1.29, 1.82) is 0 Å². The second-order valence-electron chi connectivity index (χ2n) is 4.50. The zero-order valence-electron chi connectivity index (χ0n) is 10.2. The van der Waals surface area contributed by atoms with Crippen LogP contribution in [-0.4, -0.2) is 29.1 Å². The minimum absolute atomic E-state index is 0.262. The number of nitrogens with zero attached hydrogens (tertiary/aromatic N) is 3. The first kappa shape index (κ1) is 12.3. The summed E-state index contributed by atoms with van der Waals surface area (Å²) in [6.45, 7) is 1.19. The lowest BCUT2D eigenvalue weighted by atomic mass is 10.1. The van der Waals surface area contributed by atoms with E-state index in [1.807, 2.05) is 41.3 Å². The van der Waals surface area contributed by atoms with Gasteiger partial charge in [0.2, 0.25) is 0 Å². The average Bonchev–Trinajstić information content (AvgIpc) is 2.86. The topological polar surface area (TPSA) is 46.1 Å². The fourth-order valence-corrected chi connectivity index (χ4v) is 2.52. The normalized spacial score (nSPS) is 15.0. The van der Waals surface area contributed by atoms with Gasteiger partial charge in [0.05, 0.1) is 12.2 Å². The molecule has 0 aliphatic carbocycles. The zero-order valence-corrected chi connectivity index (χ0v) is 11.8. The molecule has 3 rings (SSSR count). The summed E-state index contributed by atoms with van der Waals surface area (Å²) in [5.41, 5.74) is 1.85. The van der Waals surface area contributed by atoms with Crippen LogP contribution in [0.5, 0.6) is 0 Å². The number of aromatic nitrogens is 2. The highest BCUT2D eigenvalue weighted by molar-refractivity contribution is 9.10. The van der Waals surface area contributed by atoms with Crippen molar-refractivity contribution < 1.29 is 4.79 Å². The molecule has 96 valence electrons. The summed E-state index contributed by atoms with van der Waals surface area (Å²) in [5, 5.41) is 8.45. The Morgan fingerprint density at radius 2 is 2.05 bits per heavy atom. The number of rotatable bonds is 2. The maximum atomic E-state index is 11.3. The Morgan fingerprint density at radius 3 is 2.68 bits per heavy atom. The monoisotopic (exact) mass is 317 g/mol. The molecule has 0 N–H and O–H groups in total. The smallest absolute Gasteiger partial charge is 0.153 e. The largest absolute Gasteiger partial charge is 0.347 e. The number of carbonyl (C=O) groups excluding carboxylic acids is 1. The zero-order chi connectivity index (χ0) is 13.2. The molecule has 2 heterocycles. The fraction of sp³-hybridized carbons (Fsp3) is 0.214. The molecule has 5 heteroatoms. The molecular weight excluding hydrogens is 306 g/mol. The van der Waals surface area contributed by atoms with Gasteiger partial charge < -0.3 is 4.90 Å². The number of halogens is 1. The second-order valence-corrected chi connectivity index (χ2v) is 5.41. The summed E-state index contributed by atoms with van der Waals surface area (Å²) in [5.74, 6) is 1.03. The van der Waals surface area contributed by atoms with Crippen LogP contribution in [0.4, 0.5) is 5.82 Å². The highest BCUT2D eigenvalue weighted by Gasteiger charge is 2.20. The number of anilines is 1. The van der Waals surface area contributed by atoms with E-state index >= 15 is 0 Å². The number of Topliss-reactive ketones (excluding diaryl/α,β-unsaturated/α-hetero) is 1. The van der Waals surface area contributed by atoms with E-state index in [4.69, 9.17) is 0 Å². The molecule has 1 aliphatic rings. The van der Waals surface area contributed by atoms with Crippen LogP contribution in [0.25, 0.3) is 11.3 Å². The number of hydrogen-bond donors (Lipinski definition) is 0. The van der Waals surface area contributed by atoms with Crippen molar-refractivity contribution in [3.05, 3.63) is 40.9 Å². The molecule has 1 aromatic heterocycles. The SMILES string of the molecule is O=C1CCN(c2ccc(-c3cccc(Br)c3)nn2)C1. The van der Waals surface area contributed by atoms with Crippen LogP contribution < -0.4 is 4.90 Å². The molecule has 19 heavy (non-hydrogen) atoms. The van der Waals surface area contributed by atoms with Gasteiger partial charge in [-0.15, -0.1) is 10.2 Å². The van der Waals surface area contributed by atoms with Crippen molar-refractivity contribution in [3.8, 4) is 11.3 Å². The summed E-state index contributed by atoms with van der Waals surface area (Å²) >= 11 is 3.44. The van der Waals surface area contributed by atoms with Gasteiger partial charge in [-0.05, 0) is 24.3 Å². The number of hydrogen-bond acceptors (Lipinski definition) is 4. The Morgan fingerprint density at radius 1 is 1.16 bits per heavy atom. The van der Waals surface area contributed by atoms with E-state index in [-0.39, 0.29) is 5.78 Å². The van der Waals surface area contributed by atoms with Crippen LogP contribution >= 0.6 is 15.9 Å². The molecule has 0 saturated carbocycles. The van der Waals surface area contributed by atoms with Gasteiger partial charge in [0.25, 0.3) is 0 Å². The third-order valence-electron chi connectivity index (χ3n) is 3.12. The van der Waals surface area contributed by atoms with Crippen molar-refractivity contribution in [1.82, 2.24) is 10.2 Å². The molecule has 0 atom stereocenters. The van der Waals surface area contributed by atoms with E-state index in [2.05, 4.69) is 26.1 Å². The first-order valence-electron chi connectivity index (χ1n) is 6.09. The molecule has 0 bridgehead atoms. The molecule has 0 spiro atoms. The first-order valence-corrected chi connectivity index (χ1v) is 6.88. The van der Waals surface area contributed by atoms with Gasteiger partial charge in [-0.3, -0.25) is 4.79 Å². The number of carbonyl (C=O) groups is 1. The van der Waals surface area contributed by atoms with E-state index in [9.17, 15) is 4.79 Å². The van der Waals surface area contributed by atoms with Gasteiger partial charge in [-0.1, -0.05) is 28.1 Å². The minimum Gasteiger partial charge on any atom is -0.347 e. The van der Waals surface area contributed by atoms with Crippen molar-refractivity contribution in [2.45, 2.75) is 6.42 Å². The Hall–Kier alpha value is -1.75. The molecule has 1 aliphatic heterocycles. The van der Waals surface area contributed by atoms with Crippen LogP contribution in [0, 0.1) is 0 Å². The van der Waals surface area contributed by atoms with E-state index in [1.165, 1.54) is 0 Å². The highest BCUT2D eigenvalue weighted by Crippen LogP contribution is 2.22. The van der Waals surface area contributed by atoms with Crippen molar-refractivity contribution in [2.24, 2.45) is 0 Å². The summed E-state index contributed by atoms with van der Waals surface area (Å²) in [7, 11) is 0. The van der Waals surface area contributed by atoms with Crippen molar-refractivity contribution in [2.75, 3.05) is 18.0 Å². The van der Waals surface area contributed by atoms with E-state index in [0.717, 1.165) is 28.1 Å². The first-order chi connectivity index (χ1) is 9.22. The van der Waals surface area contributed by atoms with Gasteiger partial charge in [-0.25, -0.2) is 0 Å². The standard InChI is InChI=1S/C14H12BrN3O/c15-11-3-1-2-10(8-11)13-4-5-14(17-16-13)18-7-6-12(19)9-18/h1-5,8H,6-7,9H2. The number of ketones is 1. The van der Waals surface area contributed by atoms with Crippen LogP contribution in [0.2, 0.25) is 0 Å². The highest BCUT2D eigenvalue weighted by atomic mass is 79.9. The molecule has 1 saturated heterocycles. The Kier molecular flexibility index (Phi) is 3.29. The van der Waals surface area contributed by atoms with Gasteiger partial charge in [-0.2, -0.15) is 0 Å². The van der Waals surface area contributed by atoms with Crippen molar-refractivity contribution >= 4 is 27.5 Å². The van der Waals surface area contributed by atoms with Crippen LogP contribution in [0.3, 0.4) is 0 Å². The Labute approximate surface area is 119 Å². The van der Waals surface area contributed by atoms with Gasteiger partial charge in [0, 0.05) is 23.0 Å². The van der Waals surface area contributed by atoms with Gasteiger partial charge in [0.15, 0.2) is 11.6 Å². The van der Waals surface area contributed by atoms with E-state index < -0.39 is 0 Å². The summed E-state index contributed by atoms with van der Waals surface area (Å²) in [6, 6.07) is 11.8. The molecular formula is C14H12BrN3O. The molecule has 2 aromatic rings. The van der Waals surface area contributed by atoms with Crippen molar-refractivity contribution in [3.63, 3.8) is 0 Å². The third kappa shape index (κ3) is 2.66. The van der Waals surface area contributed by atoms with Gasteiger partial charge in [0.1, 0.15) is 0 Å². The summed E-state index contributed by atoms with van der Waals surface area (Å²) < 4.78 is 1.01. The Bertz CT molecular complexity index is 612. The minimum atomic E-state index is 0.262. The lowest BCUT2D eigenvalue weighted by Crippen LogP contribution is -2.21. The quantitative estimate of drug-likeness (QED) is 0.854. The lowest BCUT2D eigenvalue weighted by Gasteiger charge is -2.14. The predicted octanol–water partition coefficient (Wildman–Crippen LogP) is 2.69. The molecule has 4 nitrogen and oxygen atoms in total. The number of benzene rings is 1. The van der Waals surface area contributed by atoms with Crippen LogP contribution in [0.1, 0.15) is 6.42 Å². The maximum Gasteiger partial charge on any atom is 0.153 e. The Balaban J connectivity index is 1.85. The summed E-state index contributed by atoms with van der Waals surface area (Å²) in [4.78, 5) is 13.2. The predicted molar refractivity (Wildman–Crippen MR) is 77.0 cm³/mol. The van der Waals surface area contributed by atoms with Crippen LogP contribution in [-0.2, 0) is 4.79 Å². The second kappa shape index (κ2) is 5.09. The van der Waals surface area contributed by atoms with Crippen LogP contribution in [0.15, 0.2) is 40.9 Å². The maximum absolute atomic E-state index is 11.3. The molecule has 0 amide bonds. The van der Waals surface area contributed by atoms with E-state index in [1.54, 1.807) is 0 Å². The van der Waals surface area contributed by atoms with Gasteiger partial charge >= 0.3 is 0 Å².